The molecule has 1 heterocycles. The lowest BCUT2D eigenvalue weighted by Gasteiger charge is -2.31. The number of aliphatic hydroxyl groups is 1. The van der Waals surface area contributed by atoms with Crippen molar-refractivity contribution in [3.8, 4) is 0 Å². The van der Waals surface area contributed by atoms with Crippen LogP contribution in [0.5, 0.6) is 0 Å². The van der Waals surface area contributed by atoms with Gasteiger partial charge in [0, 0.05) is 25.2 Å². The highest BCUT2D eigenvalue weighted by Gasteiger charge is 2.20. The first-order valence-electron chi connectivity index (χ1n) is 6.54. The van der Waals surface area contributed by atoms with Crippen LogP contribution in [0.1, 0.15) is 25.0 Å². The fourth-order valence-corrected chi connectivity index (χ4v) is 2.33. The second-order valence-corrected chi connectivity index (χ2v) is 4.93. The maximum Gasteiger partial charge on any atom is 0.164 e. The quantitative estimate of drug-likeness (QED) is 0.910. The molecule has 1 aliphatic heterocycles. The summed E-state index contributed by atoms with van der Waals surface area (Å²) in [6.45, 7) is 4.92. The Morgan fingerprint density at radius 2 is 2.26 bits per heavy atom. The first kappa shape index (κ1) is 14.4. The minimum Gasteiger partial charge on any atom is -0.388 e. The van der Waals surface area contributed by atoms with Crippen LogP contribution in [0, 0.1) is 11.6 Å². The van der Waals surface area contributed by atoms with Crippen molar-refractivity contribution in [1.82, 2.24) is 4.90 Å². The molecule has 0 aromatic heterocycles. The van der Waals surface area contributed by atoms with Crippen LogP contribution in [0.4, 0.5) is 8.78 Å². The lowest BCUT2D eigenvalue weighted by Crippen LogP contribution is -2.41. The van der Waals surface area contributed by atoms with Crippen molar-refractivity contribution in [1.29, 1.82) is 0 Å². The highest BCUT2D eigenvalue weighted by molar-refractivity contribution is 5.21. The molecule has 1 N–H and O–H groups in total. The van der Waals surface area contributed by atoms with E-state index in [9.17, 15) is 13.9 Å². The molecule has 2 atom stereocenters. The highest BCUT2D eigenvalue weighted by Crippen LogP contribution is 2.22. The van der Waals surface area contributed by atoms with Gasteiger partial charge in [0.15, 0.2) is 11.6 Å². The number of benzene rings is 1. The third kappa shape index (κ3) is 3.72. The van der Waals surface area contributed by atoms with Crippen LogP contribution in [0.15, 0.2) is 18.2 Å². The second-order valence-electron chi connectivity index (χ2n) is 4.93. The van der Waals surface area contributed by atoms with Gasteiger partial charge in [-0.3, -0.25) is 4.90 Å². The smallest absolute Gasteiger partial charge is 0.164 e. The van der Waals surface area contributed by atoms with Gasteiger partial charge in [-0.2, -0.15) is 0 Å². The van der Waals surface area contributed by atoms with Gasteiger partial charge in [0.1, 0.15) is 0 Å². The zero-order valence-corrected chi connectivity index (χ0v) is 11.0. The predicted octanol–water partition coefficient (Wildman–Crippen LogP) is 2.11. The molecule has 0 saturated carbocycles. The third-order valence-electron chi connectivity index (χ3n) is 3.38. The van der Waals surface area contributed by atoms with Gasteiger partial charge in [0.25, 0.3) is 0 Å². The average molecular weight is 271 g/mol. The van der Waals surface area contributed by atoms with Crippen molar-refractivity contribution in [3.05, 3.63) is 35.4 Å². The first-order chi connectivity index (χ1) is 9.08. The van der Waals surface area contributed by atoms with Crippen molar-refractivity contribution in [2.75, 3.05) is 26.2 Å². The summed E-state index contributed by atoms with van der Waals surface area (Å²) in [7, 11) is 0. The van der Waals surface area contributed by atoms with E-state index in [1.54, 1.807) is 0 Å². The Bertz CT molecular complexity index is 428. The van der Waals surface area contributed by atoms with E-state index >= 15 is 0 Å². The molecule has 0 amide bonds. The van der Waals surface area contributed by atoms with Crippen LogP contribution in [0.3, 0.4) is 0 Å². The topological polar surface area (TPSA) is 32.7 Å². The maximum atomic E-state index is 13.5. The van der Waals surface area contributed by atoms with E-state index in [-0.39, 0.29) is 11.7 Å². The lowest BCUT2D eigenvalue weighted by molar-refractivity contribution is -0.0223. The zero-order valence-electron chi connectivity index (χ0n) is 11.0. The Labute approximate surface area is 111 Å². The second kappa shape index (κ2) is 6.41. The van der Waals surface area contributed by atoms with E-state index in [1.807, 2.05) is 6.92 Å². The number of morpholine rings is 1. The molecule has 2 rings (SSSR count). The number of hydrogen-bond donors (Lipinski definition) is 1. The highest BCUT2D eigenvalue weighted by atomic mass is 19.2. The Balaban J connectivity index is 1.90. The summed E-state index contributed by atoms with van der Waals surface area (Å²) in [6.07, 6.45) is -0.418. The largest absolute Gasteiger partial charge is 0.388 e. The number of rotatable bonds is 4. The number of ether oxygens (including phenoxy) is 1. The molecule has 106 valence electrons. The number of aliphatic hydroxyl groups excluding tert-OH is 1. The molecule has 19 heavy (non-hydrogen) atoms. The molecule has 0 radical (unpaired) electrons. The van der Waals surface area contributed by atoms with Crippen molar-refractivity contribution < 1.29 is 18.6 Å². The predicted molar refractivity (Wildman–Crippen MR) is 67.8 cm³/mol. The normalized spacial score (nSPS) is 22.4. The van der Waals surface area contributed by atoms with E-state index in [0.717, 1.165) is 19.2 Å². The van der Waals surface area contributed by atoms with E-state index in [0.29, 0.717) is 19.6 Å². The van der Waals surface area contributed by atoms with Gasteiger partial charge in [-0.15, -0.1) is 0 Å². The number of nitrogens with zero attached hydrogens (tertiary/aromatic N) is 1. The Kier molecular flexibility index (Phi) is 4.85. The third-order valence-corrected chi connectivity index (χ3v) is 3.38. The van der Waals surface area contributed by atoms with Crippen LogP contribution in [-0.4, -0.2) is 42.4 Å². The molecule has 1 aliphatic rings. The SMILES string of the molecule is CC1CN(CCC(O)c2cccc(F)c2F)CCO1. The van der Waals surface area contributed by atoms with E-state index < -0.39 is 17.7 Å². The number of hydrogen-bond acceptors (Lipinski definition) is 3. The monoisotopic (exact) mass is 271 g/mol. The first-order valence-corrected chi connectivity index (χ1v) is 6.54. The lowest BCUT2D eigenvalue weighted by atomic mass is 10.1. The standard InChI is InChI=1S/C14H19F2NO2/c1-10-9-17(7-8-19-10)6-5-13(18)11-3-2-4-12(15)14(11)16/h2-4,10,13,18H,5-9H2,1H3. The minimum atomic E-state index is -0.978. The average Bonchev–Trinajstić information content (AvgIpc) is 2.39. The summed E-state index contributed by atoms with van der Waals surface area (Å²) in [5.41, 5.74) is 0.0290. The fourth-order valence-electron chi connectivity index (χ4n) is 2.33. The van der Waals surface area contributed by atoms with Crippen molar-refractivity contribution >= 4 is 0 Å². The van der Waals surface area contributed by atoms with Crippen LogP contribution < -0.4 is 0 Å². The molecule has 3 nitrogen and oxygen atoms in total. The van der Waals surface area contributed by atoms with Crippen molar-refractivity contribution in [2.45, 2.75) is 25.6 Å². The number of halogens is 2. The summed E-state index contributed by atoms with van der Waals surface area (Å²) in [6, 6.07) is 3.88. The summed E-state index contributed by atoms with van der Waals surface area (Å²) >= 11 is 0. The Morgan fingerprint density at radius 1 is 1.47 bits per heavy atom. The van der Waals surface area contributed by atoms with Gasteiger partial charge >= 0.3 is 0 Å². The maximum absolute atomic E-state index is 13.5. The van der Waals surface area contributed by atoms with Crippen LogP contribution >= 0.6 is 0 Å². The molecule has 0 bridgehead atoms. The van der Waals surface area contributed by atoms with Gasteiger partial charge in [0.05, 0.1) is 18.8 Å². The van der Waals surface area contributed by atoms with Gasteiger partial charge in [-0.25, -0.2) is 8.78 Å². The van der Waals surface area contributed by atoms with Gasteiger partial charge in [0.2, 0.25) is 0 Å². The fraction of sp³-hybridized carbons (Fsp3) is 0.571. The van der Waals surface area contributed by atoms with Crippen LogP contribution in [0.25, 0.3) is 0 Å². The van der Waals surface area contributed by atoms with E-state index in [2.05, 4.69) is 4.90 Å². The van der Waals surface area contributed by atoms with Gasteiger partial charge < -0.3 is 9.84 Å². The Morgan fingerprint density at radius 3 is 3.00 bits per heavy atom. The molecule has 1 fully saturated rings. The zero-order chi connectivity index (χ0) is 13.8. The van der Waals surface area contributed by atoms with Gasteiger partial charge in [-0.05, 0) is 19.4 Å². The van der Waals surface area contributed by atoms with E-state index in [1.165, 1.54) is 12.1 Å². The van der Waals surface area contributed by atoms with Crippen molar-refractivity contribution in [3.63, 3.8) is 0 Å². The van der Waals surface area contributed by atoms with Crippen LogP contribution in [-0.2, 0) is 4.74 Å². The minimum absolute atomic E-state index is 0.0290. The van der Waals surface area contributed by atoms with E-state index in [4.69, 9.17) is 4.74 Å². The van der Waals surface area contributed by atoms with Gasteiger partial charge in [-0.1, -0.05) is 12.1 Å². The van der Waals surface area contributed by atoms with Crippen molar-refractivity contribution in [2.24, 2.45) is 0 Å². The molecule has 0 spiro atoms. The Hall–Kier alpha value is -1.04. The summed E-state index contributed by atoms with van der Waals surface area (Å²) in [5, 5.41) is 9.96. The molecule has 5 heteroatoms. The summed E-state index contributed by atoms with van der Waals surface area (Å²) in [4.78, 5) is 2.16. The summed E-state index contributed by atoms with van der Waals surface area (Å²) < 4.78 is 32.0. The molecule has 1 saturated heterocycles. The molecule has 0 aliphatic carbocycles. The molecule has 1 aromatic carbocycles. The molecule has 2 unspecified atom stereocenters. The molecule has 1 aromatic rings. The van der Waals surface area contributed by atoms with Crippen LogP contribution in [0.2, 0.25) is 0 Å². The summed E-state index contributed by atoms with van der Waals surface area (Å²) in [5.74, 6) is -1.87. The molecular formula is C14H19F2NO2. The molecular weight excluding hydrogens is 252 g/mol.